The number of aromatic nitrogens is 1. The van der Waals surface area contributed by atoms with Gasteiger partial charge in [0.1, 0.15) is 0 Å². The molecule has 0 bridgehead atoms. The Kier molecular flexibility index (Phi) is 4.53. The third kappa shape index (κ3) is 3.04. The molecule has 1 heteroatoms. The van der Waals surface area contributed by atoms with Gasteiger partial charge >= 0.3 is 0 Å². The molecule has 0 radical (unpaired) electrons. The predicted molar refractivity (Wildman–Crippen MR) is 95.1 cm³/mol. The van der Waals surface area contributed by atoms with Crippen LogP contribution in [-0.2, 0) is 0 Å². The number of hydrogen-bond acceptors (Lipinski definition) is 1. The average molecular weight is 289 g/mol. The standard InChI is InChI=1S/C21H23N/c1-3-5-16(4-2)17-6-8-18(9-7-17)20-11-10-19-12-13-22-15-21(19)14-20/h6-16H,3-5H2,1-2H3. The van der Waals surface area contributed by atoms with E-state index in [1.54, 1.807) is 0 Å². The van der Waals surface area contributed by atoms with Crippen LogP contribution in [0.4, 0.5) is 0 Å². The zero-order valence-corrected chi connectivity index (χ0v) is 13.4. The van der Waals surface area contributed by atoms with Crippen LogP contribution < -0.4 is 0 Å². The first kappa shape index (κ1) is 14.8. The Balaban J connectivity index is 1.90. The minimum Gasteiger partial charge on any atom is -0.264 e. The van der Waals surface area contributed by atoms with Crippen molar-refractivity contribution >= 4 is 10.8 Å². The maximum Gasteiger partial charge on any atom is 0.0346 e. The fourth-order valence-electron chi connectivity index (χ4n) is 3.17. The van der Waals surface area contributed by atoms with Crippen LogP contribution in [0.5, 0.6) is 0 Å². The van der Waals surface area contributed by atoms with Crippen molar-refractivity contribution in [1.29, 1.82) is 0 Å². The quantitative estimate of drug-likeness (QED) is 0.545. The van der Waals surface area contributed by atoms with Crippen LogP contribution in [0.2, 0.25) is 0 Å². The molecule has 3 aromatic rings. The molecule has 0 spiro atoms. The first-order valence-corrected chi connectivity index (χ1v) is 8.26. The van der Waals surface area contributed by atoms with Gasteiger partial charge in [-0.25, -0.2) is 0 Å². The normalized spacial score (nSPS) is 12.5. The molecule has 1 atom stereocenters. The zero-order chi connectivity index (χ0) is 15.4. The molecular weight excluding hydrogens is 266 g/mol. The van der Waals surface area contributed by atoms with Crippen molar-refractivity contribution in [3.8, 4) is 11.1 Å². The smallest absolute Gasteiger partial charge is 0.0346 e. The average Bonchev–Trinajstić information content (AvgIpc) is 2.59. The lowest BCUT2D eigenvalue weighted by atomic mass is 9.91. The highest BCUT2D eigenvalue weighted by Crippen LogP contribution is 2.28. The number of benzene rings is 2. The molecule has 0 aliphatic rings. The van der Waals surface area contributed by atoms with Crippen molar-refractivity contribution in [2.45, 2.75) is 39.0 Å². The molecule has 22 heavy (non-hydrogen) atoms. The van der Waals surface area contributed by atoms with Gasteiger partial charge in [0.2, 0.25) is 0 Å². The fraction of sp³-hybridized carbons (Fsp3) is 0.286. The van der Waals surface area contributed by atoms with E-state index in [-0.39, 0.29) is 0 Å². The zero-order valence-electron chi connectivity index (χ0n) is 13.4. The van der Waals surface area contributed by atoms with Gasteiger partial charge in [0.05, 0.1) is 0 Å². The van der Waals surface area contributed by atoms with Crippen LogP contribution in [0.25, 0.3) is 21.9 Å². The lowest BCUT2D eigenvalue weighted by Crippen LogP contribution is -1.96. The van der Waals surface area contributed by atoms with Crippen molar-refractivity contribution in [1.82, 2.24) is 4.98 Å². The van der Waals surface area contributed by atoms with Gasteiger partial charge in [-0.15, -0.1) is 0 Å². The fourth-order valence-corrected chi connectivity index (χ4v) is 3.17. The van der Waals surface area contributed by atoms with E-state index in [1.165, 1.54) is 46.7 Å². The summed E-state index contributed by atoms with van der Waals surface area (Å²) in [6.45, 7) is 4.55. The molecule has 112 valence electrons. The van der Waals surface area contributed by atoms with Gasteiger partial charge in [-0.2, -0.15) is 0 Å². The molecule has 0 saturated carbocycles. The van der Waals surface area contributed by atoms with Crippen molar-refractivity contribution in [2.24, 2.45) is 0 Å². The molecule has 0 fully saturated rings. The van der Waals surface area contributed by atoms with Crippen molar-refractivity contribution in [2.75, 3.05) is 0 Å². The number of hydrogen-bond donors (Lipinski definition) is 0. The number of fused-ring (bicyclic) bond motifs is 1. The molecule has 1 aromatic heterocycles. The lowest BCUT2D eigenvalue weighted by Gasteiger charge is -2.15. The Morgan fingerprint density at radius 3 is 2.36 bits per heavy atom. The van der Waals surface area contributed by atoms with E-state index in [4.69, 9.17) is 0 Å². The maximum absolute atomic E-state index is 4.22. The summed E-state index contributed by atoms with van der Waals surface area (Å²) in [4.78, 5) is 4.22. The Labute approximate surface area is 133 Å². The van der Waals surface area contributed by atoms with Gasteiger partial charge in [0.15, 0.2) is 0 Å². The van der Waals surface area contributed by atoms with Crippen molar-refractivity contribution < 1.29 is 0 Å². The minimum atomic E-state index is 0.694. The molecule has 0 saturated heterocycles. The minimum absolute atomic E-state index is 0.694. The van der Waals surface area contributed by atoms with E-state index >= 15 is 0 Å². The summed E-state index contributed by atoms with van der Waals surface area (Å²) in [5.41, 5.74) is 4.01. The SMILES string of the molecule is CCCC(CC)c1ccc(-c2ccc3ccncc3c2)cc1. The van der Waals surface area contributed by atoms with Gasteiger partial charge < -0.3 is 0 Å². The van der Waals surface area contributed by atoms with Crippen LogP contribution in [0.1, 0.15) is 44.6 Å². The topological polar surface area (TPSA) is 12.9 Å². The molecular formula is C21H23N. The summed E-state index contributed by atoms with van der Waals surface area (Å²) in [6.07, 6.45) is 7.52. The highest BCUT2D eigenvalue weighted by atomic mass is 14.6. The highest BCUT2D eigenvalue weighted by molar-refractivity contribution is 5.86. The van der Waals surface area contributed by atoms with Gasteiger partial charge in [0.25, 0.3) is 0 Å². The summed E-state index contributed by atoms with van der Waals surface area (Å²) < 4.78 is 0. The van der Waals surface area contributed by atoms with E-state index in [0.29, 0.717) is 5.92 Å². The lowest BCUT2D eigenvalue weighted by molar-refractivity contribution is 0.596. The summed E-state index contributed by atoms with van der Waals surface area (Å²) >= 11 is 0. The molecule has 2 aromatic carbocycles. The van der Waals surface area contributed by atoms with Gasteiger partial charge in [0, 0.05) is 17.8 Å². The molecule has 3 rings (SSSR count). The number of pyridine rings is 1. The molecule has 0 aliphatic carbocycles. The maximum atomic E-state index is 4.22. The molecule has 1 heterocycles. The number of nitrogens with zero attached hydrogens (tertiary/aromatic N) is 1. The molecule has 0 amide bonds. The predicted octanol–water partition coefficient (Wildman–Crippen LogP) is 6.20. The Morgan fingerprint density at radius 1 is 0.864 bits per heavy atom. The second-order valence-electron chi connectivity index (χ2n) is 5.95. The largest absolute Gasteiger partial charge is 0.264 e. The van der Waals surface area contributed by atoms with E-state index < -0.39 is 0 Å². The molecule has 1 nitrogen and oxygen atoms in total. The van der Waals surface area contributed by atoms with Crippen LogP contribution in [-0.4, -0.2) is 4.98 Å². The van der Waals surface area contributed by atoms with E-state index in [2.05, 4.69) is 67.4 Å². The van der Waals surface area contributed by atoms with Gasteiger partial charge in [-0.1, -0.05) is 56.7 Å². The van der Waals surface area contributed by atoms with Gasteiger partial charge in [-0.3, -0.25) is 4.98 Å². The van der Waals surface area contributed by atoms with E-state index in [1.807, 2.05) is 12.4 Å². The Morgan fingerprint density at radius 2 is 1.64 bits per heavy atom. The third-order valence-corrected chi connectivity index (χ3v) is 4.49. The summed E-state index contributed by atoms with van der Waals surface area (Å²) in [5, 5.41) is 2.44. The van der Waals surface area contributed by atoms with Crippen molar-refractivity contribution in [3.63, 3.8) is 0 Å². The van der Waals surface area contributed by atoms with Crippen LogP contribution in [0.15, 0.2) is 60.9 Å². The van der Waals surface area contributed by atoms with Crippen LogP contribution in [0.3, 0.4) is 0 Å². The molecule has 0 N–H and O–H groups in total. The molecule has 1 unspecified atom stereocenters. The van der Waals surface area contributed by atoms with Gasteiger partial charge in [-0.05, 0) is 53.0 Å². The summed E-state index contributed by atoms with van der Waals surface area (Å²) in [6, 6.07) is 17.8. The van der Waals surface area contributed by atoms with Crippen LogP contribution in [0, 0.1) is 0 Å². The number of rotatable bonds is 5. The highest BCUT2D eigenvalue weighted by Gasteiger charge is 2.08. The third-order valence-electron chi connectivity index (χ3n) is 4.49. The first-order chi connectivity index (χ1) is 10.8. The first-order valence-electron chi connectivity index (χ1n) is 8.26. The van der Waals surface area contributed by atoms with Crippen molar-refractivity contribution in [3.05, 3.63) is 66.5 Å². The summed E-state index contributed by atoms with van der Waals surface area (Å²) in [7, 11) is 0. The summed E-state index contributed by atoms with van der Waals surface area (Å²) in [5.74, 6) is 0.694. The van der Waals surface area contributed by atoms with E-state index in [0.717, 1.165) is 0 Å². The monoisotopic (exact) mass is 289 g/mol. The van der Waals surface area contributed by atoms with E-state index in [9.17, 15) is 0 Å². The van der Waals surface area contributed by atoms with Crippen LogP contribution >= 0.6 is 0 Å². The second kappa shape index (κ2) is 6.74. The Hall–Kier alpha value is -2.15. The second-order valence-corrected chi connectivity index (χ2v) is 5.95. The molecule has 0 aliphatic heterocycles. The Bertz CT molecular complexity index is 743.